The van der Waals surface area contributed by atoms with Crippen molar-refractivity contribution in [3.8, 4) is 5.75 Å². The van der Waals surface area contributed by atoms with Crippen molar-refractivity contribution in [1.29, 1.82) is 0 Å². The van der Waals surface area contributed by atoms with Crippen molar-refractivity contribution < 1.29 is 17.9 Å². The van der Waals surface area contributed by atoms with E-state index in [1.165, 1.54) is 25.1 Å². The molecule has 82 valence electrons. The van der Waals surface area contributed by atoms with Gasteiger partial charge < -0.3 is 4.74 Å². The van der Waals surface area contributed by atoms with Crippen LogP contribution < -0.4 is 4.74 Å². The summed E-state index contributed by atoms with van der Waals surface area (Å²) in [6.45, 7) is 2.90. The van der Waals surface area contributed by atoms with Crippen LogP contribution in [0, 0.1) is 6.92 Å². The zero-order valence-electron chi connectivity index (χ0n) is 8.15. The van der Waals surface area contributed by atoms with E-state index in [1.807, 2.05) is 0 Å². The number of esters is 1. The minimum absolute atomic E-state index is 0.0161. The minimum Gasteiger partial charge on any atom is -0.426 e. The van der Waals surface area contributed by atoms with E-state index in [-0.39, 0.29) is 4.90 Å². The molecule has 0 unspecified atom stereocenters. The van der Waals surface area contributed by atoms with Crippen LogP contribution in [0.5, 0.6) is 5.75 Å². The summed E-state index contributed by atoms with van der Waals surface area (Å²) in [6, 6.07) is 4.03. The Morgan fingerprint density at radius 2 is 2.00 bits per heavy atom. The van der Waals surface area contributed by atoms with Gasteiger partial charge in [-0.15, -0.1) is 0 Å². The summed E-state index contributed by atoms with van der Waals surface area (Å²) in [6.07, 6.45) is 0. The molecule has 0 spiro atoms. The highest BCUT2D eigenvalue weighted by molar-refractivity contribution is 8.13. The normalized spacial score (nSPS) is 11.1. The van der Waals surface area contributed by atoms with Crippen molar-refractivity contribution in [2.24, 2.45) is 0 Å². The highest BCUT2D eigenvalue weighted by Crippen LogP contribution is 2.23. The van der Waals surface area contributed by atoms with Crippen molar-refractivity contribution >= 4 is 25.7 Å². The summed E-state index contributed by atoms with van der Waals surface area (Å²) in [7, 11) is 1.41. The summed E-state index contributed by atoms with van der Waals surface area (Å²) >= 11 is 0. The van der Waals surface area contributed by atoms with Crippen LogP contribution in [-0.4, -0.2) is 14.4 Å². The van der Waals surface area contributed by atoms with Gasteiger partial charge in [0.2, 0.25) is 0 Å². The Morgan fingerprint density at radius 3 is 2.40 bits per heavy atom. The molecule has 1 rings (SSSR count). The quantitative estimate of drug-likeness (QED) is 0.455. The Labute approximate surface area is 92.2 Å². The van der Waals surface area contributed by atoms with Crippen LogP contribution >= 0.6 is 10.7 Å². The number of ether oxygens (including phenoxy) is 1. The number of benzene rings is 1. The van der Waals surface area contributed by atoms with Gasteiger partial charge in [0.05, 0.1) is 4.90 Å². The first-order valence-electron chi connectivity index (χ1n) is 4.04. The molecule has 0 heterocycles. The molecule has 1 aromatic rings. The van der Waals surface area contributed by atoms with Crippen LogP contribution in [0.2, 0.25) is 0 Å². The lowest BCUT2D eigenvalue weighted by atomic mass is 10.2. The van der Waals surface area contributed by atoms with Gasteiger partial charge in [0.1, 0.15) is 5.75 Å². The van der Waals surface area contributed by atoms with Crippen LogP contribution in [0.1, 0.15) is 12.5 Å². The van der Waals surface area contributed by atoms with E-state index in [1.54, 1.807) is 6.92 Å². The average Bonchev–Trinajstić information content (AvgIpc) is 2.05. The molecule has 0 aliphatic rings. The van der Waals surface area contributed by atoms with Gasteiger partial charge in [0.25, 0.3) is 9.05 Å². The first kappa shape index (κ1) is 12.0. The van der Waals surface area contributed by atoms with Crippen LogP contribution in [0.15, 0.2) is 23.1 Å². The summed E-state index contributed by atoms with van der Waals surface area (Å²) in [4.78, 5) is 10.7. The smallest absolute Gasteiger partial charge is 0.308 e. The molecule has 0 amide bonds. The maximum atomic E-state index is 11.0. The standard InChI is InChI=1S/C9H9ClO4S/c1-6-5-8(15(10,12)13)3-4-9(6)14-7(2)11/h3-5H,1-2H3. The van der Waals surface area contributed by atoms with Gasteiger partial charge in [-0.05, 0) is 30.7 Å². The Morgan fingerprint density at radius 1 is 1.40 bits per heavy atom. The van der Waals surface area contributed by atoms with E-state index < -0.39 is 15.0 Å². The second-order valence-corrected chi connectivity index (χ2v) is 5.52. The molecule has 0 aliphatic heterocycles. The third-order valence-electron chi connectivity index (χ3n) is 1.68. The number of aryl methyl sites for hydroxylation is 1. The predicted molar refractivity (Wildman–Crippen MR) is 55.5 cm³/mol. The van der Waals surface area contributed by atoms with Crippen molar-refractivity contribution in [1.82, 2.24) is 0 Å². The van der Waals surface area contributed by atoms with Gasteiger partial charge >= 0.3 is 5.97 Å². The maximum absolute atomic E-state index is 11.0. The van der Waals surface area contributed by atoms with E-state index in [0.29, 0.717) is 11.3 Å². The van der Waals surface area contributed by atoms with E-state index in [2.05, 4.69) is 0 Å². The maximum Gasteiger partial charge on any atom is 0.308 e. The van der Waals surface area contributed by atoms with Gasteiger partial charge in [-0.2, -0.15) is 0 Å². The molecule has 0 saturated heterocycles. The van der Waals surface area contributed by atoms with Gasteiger partial charge in [-0.25, -0.2) is 8.42 Å². The lowest BCUT2D eigenvalue weighted by Crippen LogP contribution is -2.03. The molecule has 0 radical (unpaired) electrons. The van der Waals surface area contributed by atoms with Crippen molar-refractivity contribution in [3.63, 3.8) is 0 Å². The Hall–Kier alpha value is -1.07. The molecule has 0 saturated carbocycles. The van der Waals surface area contributed by atoms with Gasteiger partial charge in [-0.3, -0.25) is 4.79 Å². The second-order valence-electron chi connectivity index (χ2n) is 2.96. The molecule has 6 heteroatoms. The summed E-state index contributed by atoms with van der Waals surface area (Å²) < 4.78 is 26.8. The molecule has 1 aromatic carbocycles. The number of hydrogen-bond acceptors (Lipinski definition) is 4. The number of rotatable bonds is 2. The van der Waals surface area contributed by atoms with Gasteiger partial charge in [0, 0.05) is 17.6 Å². The predicted octanol–water partition coefficient (Wildman–Crippen LogP) is 1.85. The molecular formula is C9H9ClO4S. The van der Waals surface area contributed by atoms with Crippen molar-refractivity contribution in [2.45, 2.75) is 18.7 Å². The summed E-state index contributed by atoms with van der Waals surface area (Å²) in [5.74, 6) is -0.133. The zero-order chi connectivity index (χ0) is 11.6. The molecule has 4 nitrogen and oxygen atoms in total. The first-order chi connectivity index (χ1) is 6.80. The van der Waals surface area contributed by atoms with Crippen LogP contribution in [-0.2, 0) is 13.8 Å². The lowest BCUT2D eigenvalue weighted by molar-refractivity contribution is -0.131. The fraction of sp³-hybridized carbons (Fsp3) is 0.222. The number of carbonyl (C=O) groups excluding carboxylic acids is 1. The Kier molecular flexibility index (Phi) is 3.36. The number of hydrogen-bond donors (Lipinski definition) is 0. The molecule has 0 aliphatic carbocycles. The highest BCUT2D eigenvalue weighted by atomic mass is 35.7. The third-order valence-corrected chi connectivity index (χ3v) is 3.03. The number of halogens is 1. The lowest BCUT2D eigenvalue weighted by Gasteiger charge is -2.05. The fourth-order valence-corrected chi connectivity index (χ4v) is 1.88. The summed E-state index contributed by atoms with van der Waals surface area (Å²) in [5, 5.41) is 0. The van der Waals surface area contributed by atoms with Gasteiger partial charge in [-0.1, -0.05) is 0 Å². The van der Waals surface area contributed by atoms with Gasteiger partial charge in [0.15, 0.2) is 0 Å². The average molecular weight is 249 g/mol. The van der Waals surface area contributed by atoms with E-state index >= 15 is 0 Å². The molecule has 0 atom stereocenters. The number of carbonyl (C=O) groups is 1. The second kappa shape index (κ2) is 4.20. The van der Waals surface area contributed by atoms with E-state index in [0.717, 1.165) is 0 Å². The SMILES string of the molecule is CC(=O)Oc1ccc(S(=O)(=O)Cl)cc1C. The Balaban J connectivity index is 3.15. The molecular weight excluding hydrogens is 240 g/mol. The van der Waals surface area contributed by atoms with E-state index in [9.17, 15) is 13.2 Å². The zero-order valence-corrected chi connectivity index (χ0v) is 9.72. The largest absolute Gasteiger partial charge is 0.426 e. The Bertz CT molecular complexity index is 493. The highest BCUT2D eigenvalue weighted by Gasteiger charge is 2.12. The molecule has 15 heavy (non-hydrogen) atoms. The molecule has 0 aromatic heterocycles. The van der Waals surface area contributed by atoms with Crippen molar-refractivity contribution in [3.05, 3.63) is 23.8 Å². The minimum atomic E-state index is -3.74. The molecule has 0 fully saturated rings. The van der Waals surface area contributed by atoms with Crippen LogP contribution in [0.3, 0.4) is 0 Å². The van der Waals surface area contributed by atoms with Crippen LogP contribution in [0.4, 0.5) is 0 Å². The van der Waals surface area contributed by atoms with E-state index in [4.69, 9.17) is 15.4 Å². The molecule has 0 bridgehead atoms. The topological polar surface area (TPSA) is 60.4 Å². The van der Waals surface area contributed by atoms with Crippen molar-refractivity contribution in [2.75, 3.05) is 0 Å². The fourth-order valence-electron chi connectivity index (χ4n) is 1.04. The third kappa shape index (κ3) is 3.21. The van der Waals surface area contributed by atoms with Crippen LogP contribution in [0.25, 0.3) is 0 Å². The first-order valence-corrected chi connectivity index (χ1v) is 6.35. The monoisotopic (exact) mass is 248 g/mol. The summed E-state index contributed by atoms with van der Waals surface area (Å²) in [5.41, 5.74) is 0.534. The molecule has 0 N–H and O–H groups in total.